The molecule has 1 saturated carbocycles. The summed E-state index contributed by atoms with van der Waals surface area (Å²) in [7, 11) is 0. The van der Waals surface area contributed by atoms with Gasteiger partial charge in [0.15, 0.2) is 0 Å². The lowest BCUT2D eigenvalue weighted by molar-refractivity contribution is 0.619. The fourth-order valence-corrected chi connectivity index (χ4v) is 2.54. The fraction of sp³-hybridized carbons (Fsp3) is 0.455. The van der Waals surface area contributed by atoms with Gasteiger partial charge < -0.3 is 5.32 Å². The number of anilines is 1. The van der Waals surface area contributed by atoms with Gasteiger partial charge in [-0.3, -0.25) is 0 Å². The topological polar surface area (TPSA) is 12.0 Å². The molecule has 1 aliphatic heterocycles. The molecule has 0 aromatic heterocycles. The lowest BCUT2D eigenvalue weighted by atomic mass is 9.96. The second-order valence-corrected chi connectivity index (χ2v) is 4.30. The first-order chi connectivity index (χ1) is 6.22. The molecule has 13 heavy (non-hydrogen) atoms. The van der Waals surface area contributed by atoms with E-state index in [2.05, 4.69) is 12.2 Å². The molecule has 2 atom stereocenters. The van der Waals surface area contributed by atoms with Crippen molar-refractivity contribution in [2.24, 2.45) is 5.92 Å². The third-order valence-corrected chi connectivity index (χ3v) is 3.57. The van der Waals surface area contributed by atoms with Gasteiger partial charge >= 0.3 is 0 Å². The van der Waals surface area contributed by atoms with Crippen molar-refractivity contribution in [3.05, 3.63) is 29.6 Å². The van der Waals surface area contributed by atoms with Gasteiger partial charge in [0.05, 0.1) is 0 Å². The van der Waals surface area contributed by atoms with Crippen molar-refractivity contribution in [1.82, 2.24) is 0 Å². The molecule has 1 aromatic rings. The monoisotopic (exact) mass is 177 g/mol. The van der Waals surface area contributed by atoms with Crippen molar-refractivity contribution in [1.29, 1.82) is 0 Å². The van der Waals surface area contributed by atoms with Gasteiger partial charge in [0.1, 0.15) is 5.82 Å². The first-order valence-electron chi connectivity index (χ1n) is 4.76. The van der Waals surface area contributed by atoms with E-state index >= 15 is 0 Å². The first kappa shape index (κ1) is 7.36. The summed E-state index contributed by atoms with van der Waals surface area (Å²) in [4.78, 5) is 0. The quantitative estimate of drug-likeness (QED) is 0.642. The Kier molecular flexibility index (Phi) is 1.17. The Labute approximate surface area is 77.0 Å². The van der Waals surface area contributed by atoms with Crippen LogP contribution in [0.15, 0.2) is 18.2 Å². The van der Waals surface area contributed by atoms with Crippen LogP contribution in [0.5, 0.6) is 0 Å². The highest BCUT2D eigenvalue weighted by Crippen LogP contribution is 2.58. The molecule has 0 saturated heterocycles. The molecule has 1 aliphatic carbocycles. The standard InChI is InChI=1S/C11H12FN/c1-7-5-11(7)6-13-10-3-2-8(12)4-9(10)11/h2-4,7,13H,5-6H2,1H3. The second kappa shape index (κ2) is 2.06. The maximum absolute atomic E-state index is 13.0. The zero-order valence-corrected chi connectivity index (χ0v) is 7.60. The fourth-order valence-electron chi connectivity index (χ4n) is 2.54. The van der Waals surface area contributed by atoms with Gasteiger partial charge in [-0.1, -0.05) is 6.92 Å². The highest BCUT2D eigenvalue weighted by Gasteiger charge is 2.55. The predicted octanol–water partition coefficient (Wildman–Crippen LogP) is 2.53. The molecule has 0 amide bonds. The lowest BCUT2D eigenvalue weighted by Gasteiger charge is -2.06. The maximum atomic E-state index is 13.0. The Bertz CT molecular complexity index is 374. The van der Waals surface area contributed by atoms with Crippen LogP contribution < -0.4 is 5.32 Å². The summed E-state index contributed by atoms with van der Waals surface area (Å²) >= 11 is 0. The molecular formula is C11H12FN. The Morgan fingerprint density at radius 1 is 1.54 bits per heavy atom. The van der Waals surface area contributed by atoms with Crippen LogP contribution in [0, 0.1) is 11.7 Å². The van der Waals surface area contributed by atoms with Crippen LogP contribution in [0.4, 0.5) is 10.1 Å². The average Bonchev–Trinajstić information content (AvgIpc) is 2.61. The average molecular weight is 177 g/mol. The van der Waals surface area contributed by atoms with Gasteiger partial charge in [0.25, 0.3) is 0 Å². The Morgan fingerprint density at radius 2 is 2.31 bits per heavy atom. The van der Waals surface area contributed by atoms with Crippen LogP contribution in [0.3, 0.4) is 0 Å². The molecule has 1 heterocycles. The molecule has 2 aliphatic rings. The van der Waals surface area contributed by atoms with Gasteiger partial charge in [0.2, 0.25) is 0 Å². The minimum Gasteiger partial charge on any atom is -0.384 e. The van der Waals surface area contributed by atoms with E-state index in [0.29, 0.717) is 5.92 Å². The van der Waals surface area contributed by atoms with Crippen LogP contribution in [0.25, 0.3) is 0 Å². The molecular weight excluding hydrogens is 165 g/mol. The van der Waals surface area contributed by atoms with Gasteiger partial charge in [0, 0.05) is 17.6 Å². The van der Waals surface area contributed by atoms with E-state index in [1.807, 2.05) is 6.07 Å². The second-order valence-electron chi connectivity index (χ2n) is 4.30. The van der Waals surface area contributed by atoms with E-state index in [1.165, 1.54) is 18.1 Å². The van der Waals surface area contributed by atoms with E-state index in [-0.39, 0.29) is 11.2 Å². The van der Waals surface area contributed by atoms with E-state index < -0.39 is 0 Å². The van der Waals surface area contributed by atoms with E-state index in [1.54, 1.807) is 6.07 Å². The third-order valence-electron chi connectivity index (χ3n) is 3.57. The summed E-state index contributed by atoms with van der Waals surface area (Å²) in [6, 6.07) is 5.07. The Hall–Kier alpha value is -1.05. The summed E-state index contributed by atoms with van der Waals surface area (Å²) in [5.74, 6) is 0.601. The number of halogens is 1. The lowest BCUT2D eigenvalue weighted by Crippen LogP contribution is -2.11. The number of hydrogen-bond acceptors (Lipinski definition) is 1. The molecule has 68 valence electrons. The van der Waals surface area contributed by atoms with Gasteiger partial charge in [-0.15, -0.1) is 0 Å². The van der Waals surface area contributed by atoms with Crippen molar-refractivity contribution in [3.63, 3.8) is 0 Å². The zero-order chi connectivity index (χ0) is 9.05. The van der Waals surface area contributed by atoms with Crippen LogP contribution in [-0.2, 0) is 5.41 Å². The van der Waals surface area contributed by atoms with Gasteiger partial charge in [-0.2, -0.15) is 0 Å². The summed E-state index contributed by atoms with van der Waals surface area (Å²) in [6.45, 7) is 3.23. The summed E-state index contributed by atoms with van der Waals surface area (Å²) in [5, 5.41) is 3.34. The van der Waals surface area contributed by atoms with Crippen LogP contribution in [0.2, 0.25) is 0 Å². The Morgan fingerprint density at radius 3 is 3.00 bits per heavy atom. The number of hydrogen-bond donors (Lipinski definition) is 1. The molecule has 2 unspecified atom stereocenters. The summed E-state index contributed by atoms with van der Waals surface area (Å²) in [5.41, 5.74) is 2.60. The number of benzene rings is 1. The zero-order valence-electron chi connectivity index (χ0n) is 7.60. The molecule has 2 heteroatoms. The molecule has 0 bridgehead atoms. The maximum Gasteiger partial charge on any atom is 0.123 e. The largest absolute Gasteiger partial charge is 0.384 e. The summed E-state index contributed by atoms with van der Waals surface area (Å²) in [6.07, 6.45) is 1.20. The van der Waals surface area contributed by atoms with E-state index in [9.17, 15) is 4.39 Å². The van der Waals surface area contributed by atoms with Crippen molar-refractivity contribution in [3.8, 4) is 0 Å². The SMILES string of the molecule is CC1CC12CNc1ccc(F)cc12. The molecule has 1 fully saturated rings. The van der Waals surface area contributed by atoms with Gasteiger partial charge in [-0.05, 0) is 36.1 Å². The van der Waals surface area contributed by atoms with Crippen LogP contribution >= 0.6 is 0 Å². The minimum absolute atomic E-state index is 0.110. The number of fused-ring (bicyclic) bond motifs is 2. The molecule has 0 radical (unpaired) electrons. The third kappa shape index (κ3) is 0.808. The van der Waals surface area contributed by atoms with E-state index in [0.717, 1.165) is 12.2 Å². The molecule has 1 spiro atoms. The Balaban J connectivity index is 2.15. The van der Waals surface area contributed by atoms with Crippen molar-refractivity contribution in [2.75, 3.05) is 11.9 Å². The summed E-state index contributed by atoms with van der Waals surface area (Å²) < 4.78 is 13.0. The minimum atomic E-state index is -0.110. The van der Waals surface area contributed by atoms with Gasteiger partial charge in [-0.25, -0.2) is 4.39 Å². The van der Waals surface area contributed by atoms with Crippen molar-refractivity contribution in [2.45, 2.75) is 18.8 Å². The highest BCUT2D eigenvalue weighted by atomic mass is 19.1. The number of rotatable bonds is 0. The molecule has 3 rings (SSSR count). The smallest absolute Gasteiger partial charge is 0.123 e. The highest BCUT2D eigenvalue weighted by molar-refractivity contribution is 5.63. The van der Waals surface area contributed by atoms with Crippen LogP contribution in [0.1, 0.15) is 18.9 Å². The molecule has 1 N–H and O–H groups in total. The molecule has 1 aromatic carbocycles. The van der Waals surface area contributed by atoms with Crippen molar-refractivity contribution < 1.29 is 4.39 Å². The van der Waals surface area contributed by atoms with E-state index in [4.69, 9.17) is 0 Å². The number of nitrogens with one attached hydrogen (secondary N) is 1. The molecule has 1 nitrogen and oxygen atoms in total. The first-order valence-corrected chi connectivity index (χ1v) is 4.76. The van der Waals surface area contributed by atoms with Crippen molar-refractivity contribution >= 4 is 5.69 Å². The normalized spacial score (nSPS) is 34.5. The predicted molar refractivity (Wildman–Crippen MR) is 50.3 cm³/mol. The van der Waals surface area contributed by atoms with Crippen LogP contribution in [-0.4, -0.2) is 6.54 Å².